The number of carbonyl (C=O) groups excluding carboxylic acids is 2. The number of hydrogen-bond acceptors (Lipinski definition) is 6. The van der Waals surface area contributed by atoms with Crippen LogP contribution in [-0.2, 0) is 14.3 Å². The van der Waals surface area contributed by atoms with E-state index in [0.29, 0.717) is 11.3 Å². The van der Waals surface area contributed by atoms with Crippen molar-refractivity contribution in [3.05, 3.63) is 89.5 Å². The molecule has 0 aliphatic heterocycles. The van der Waals surface area contributed by atoms with Crippen molar-refractivity contribution in [2.24, 2.45) is 0 Å². The highest BCUT2D eigenvalue weighted by Gasteiger charge is 2.33. The molecule has 1 aliphatic carbocycles. The highest BCUT2D eigenvalue weighted by molar-refractivity contribution is 5.82. The first-order valence-electron chi connectivity index (χ1n) is 10.5. The standard InChI is InChI=1S/C26H25NO6/c1-31-17-13-11-16(12-14-17)24(28)23(25(29)32-2)27-26(30)33-15-22-20-9-5-3-7-18(20)19-8-4-6-10-21(19)22/h3-14,22-24,28H,15H2,1-2H3,(H,27,30)/t23-,24-/m0/s1. The first-order valence-corrected chi connectivity index (χ1v) is 10.5. The van der Waals surface area contributed by atoms with Crippen LogP contribution in [0.2, 0.25) is 0 Å². The molecule has 1 amide bonds. The molecular formula is C26H25NO6. The molecule has 7 heteroatoms. The highest BCUT2D eigenvalue weighted by atomic mass is 16.6. The van der Waals surface area contributed by atoms with Gasteiger partial charge >= 0.3 is 12.1 Å². The molecular weight excluding hydrogens is 422 g/mol. The van der Waals surface area contributed by atoms with Crippen LogP contribution in [0, 0.1) is 0 Å². The second kappa shape index (κ2) is 9.75. The average Bonchev–Trinajstić information content (AvgIpc) is 3.19. The second-order valence-electron chi connectivity index (χ2n) is 7.69. The number of hydrogen-bond donors (Lipinski definition) is 2. The zero-order valence-electron chi connectivity index (χ0n) is 18.4. The van der Waals surface area contributed by atoms with E-state index in [-0.39, 0.29) is 12.5 Å². The Labute approximate surface area is 191 Å². The van der Waals surface area contributed by atoms with Crippen LogP contribution in [0.15, 0.2) is 72.8 Å². The average molecular weight is 447 g/mol. The van der Waals surface area contributed by atoms with E-state index in [1.54, 1.807) is 24.3 Å². The van der Waals surface area contributed by atoms with Crippen molar-refractivity contribution in [1.29, 1.82) is 0 Å². The van der Waals surface area contributed by atoms with Crippen molar-refractivity contribution in [3.8, 4) is 16.9 Å². The maximum atomic E-state index is 12.6. The summed E-state index contributed by atoms with van der Waals surface area (Å²) in [6.45, 7) is 0.0897. The van der Waals surface area contributed by atoms with E-state index < -0.39 is 24.2 Å². The second-order valence-corrected chi connectivity index (χ2v) is 7.69. The van der Waals surface area contributed by atoms with Crippen molar-refractivity contribution in [2.75, 3.05) is 20.8 Å². The lowest BCUT2D eigenvalue weighted by atomic mass is 9.98. The van der Waals surface area contributed by atoms with E-state index in [0.717, 1.165) is 22.3 Å². The Morgan fingerprint density at radius 1 is 0.909 bits per heavy atom. The van der Waals surface area contributed by atoms with Crippen LogP contribution in [0.1, 0.15) is 28.7 Å². The van der Waals surface area contributed by atoms with Gasteiger partial charge in [0.15, 0.2) is 6.04 Å². The van der Waals surface area contributed by atoms with E-state index in [9.17, 15) is 14.7 Å². The van der Waals surface area contributed by atoms with Gasteiger partial charge in [0, 0.05) is 5.92 Å². The van der Waals surface area contributed by atoms with Crippen molar-refractivity contribution in [3.63, 3.8) is 0 Å². The summed E-state index contributed by atoms with van der Waals surface area (Å²) in [6, 6.07) is 21.2. The van der Waals surface area contributed by atoms with Crippen LogP contribution in [-0.4, -0.2) is 44.0 Å². The lowest BCUT2D eigenvalue weighted by Crippen LogP contribution is -2.46. The quantitative estimate of drug-likeness (QED) is 0.535. The van der Waals surface area contributed by atoms with Crippen molar-refractivity contribution in [1.82, 2.24) is 5.32 Å². The zero-order chi connectivity index (χ0) is 23.4. The maximum Gasteiger partial charge on any atom is 0.407 e. The van der Waals surface area contributed by atoms with Crippen molar-refractivity contribution in [2.45, 2.75) is 18.1 Å². The molecule has 0 heterocycles. The monoisotopic (exact) mass is 447 g/mol. The van der Waals surface area contributed by atoms with Gasteiger partial charge in [-0.25, -0.2) is 9.59 Å². The molecule has 3 aromatic carbocycles. The first kappa shape index (κ1) is 22.4. The molecule has 1 aliphatic rings. The number of benzene rings is 3. The molecule has 0 fully saturated rings. The van der Waals surface area contributed by atoms with E-state index >= 15 is 0 Å². The molecule has 33 heavy (non-hydrogen) atoms. The Balaban J connectivity index is 1.46. The summed E-state index contributed by atoms with van der Waals surface area (Å²) in [6.07, 6.45) is -2.15. The number of methoxy groups -OCH3 is 2. The van der Waals surface area contributed by atoms with E-state index in [4.69, 9.17) is 14.2 Å². The summed E-state index contributed by atoms with van der Waals surface area (Å²) in [5.41, 5.74) is 4.81. The van der Waals surface area contributed by atoms with Gasteiger partial charge in [-0.3, -0.25) is 0 Å². The molecule has 7 nitrogen and oxygen atoms in total. The minimum Gasteiger partial charge on any atom is -0.497 e. The Kier molecular flexibility index (Phi) is 6.60. The van der Waals surface area contributed by atoms with Gasteiger partial charge in [-0.2, -0.15) is 0 Å². The predicted molar refractivity (Wildman–Crippen MR) is 122 cm³/mol. The summed E-state index contributed by atoms with van der Waals surface area (Å²) in [4.78, 5) is 24.9. The Morgan fingerprint density at radius 3 is 2.03 bits per heavy atom. The number of ether oxygens (including phenoxy) is 3. The van der Waals surface area contributed by atoms with E-state index in [2.05, 4.69) is 5.32 Å². The molecule has 2 N–H and O–H groups in total. The topological polar surface area (TPSA) is 94.1 Å². The number of alkyl carbamates (subject to hydrolysis) is 1. The fraction of sp³-hybridized carbons (Fsp3) is 0.231. The predicted octanol–water partition coefficient (Wildman–Crippen LogP) is 3.81. The largest absolute Gasteiger partial charge is 0.497 e. The molecule has 0 spiro atoms. The third kappa shape index (κ3) is 4.54. The number of carbonyl (C=O) groups is 2. The van der Waals surface area contributed by atoms with Crippen LogP contribution in [0.25, 0.3) is 11.1 Å². The summed E-state index contributed by atoms with van der Waals surface area (Å²) < 4.78 is 15.4. The number of fused-ring (bicyclic) bond motifs is 3. The van der Waals surface area contributed by atoms with Crippen LogP contribution in [0.3, 0.4) is 0 Å². The summed E-state index contributed by atoms with van der Waals surface area (Å²) in [5, 5.41) is 13.2. The molecule has 0 saturated carbocycles. The number of rotatable bonds is 7. The molecule has 0 unspecified atom stereocenters. The minimum absolute atomic E-state index is 0.0897. The van der Waals surface area contributed by atoms with Crippen LogP contribution >= 0.6 is 0 Å². The molecule has 3 aromatic rings. The van der Waals surface area contributed by atoms with Crippen LogP contribution in [0.4, 0.5) is 4.79 Å². The Hall–Kier alpha value is -3.84. The van der Waals surface area contributed by atoms with Crippen molar-refractivity contribution < 1.29 is 28.9 Å². The van der Waals surface area contributed by atoms with Gasteiger partial charge in [-0.05, 0) is 39.9 Å². The van der Waals surface area contributed by atoms with Crippen LogP contribution in [0.5, 0.6) is 5.75 Å². The summed E-state index contributed by atoms with van der Waals surface area (Å²) >= 11 is 0. The van der Waals surface area contributed by atoms with Gasteiger partial charge in [0.2, 0.25) is 0 Å². The lowest BCUT2D eigenvalue weighted by molar-refractivity contribution is -0.146. The van der Waals surface area contributed by atoms with Gasteiger partial charge in [-0.1, -0.05) is 60.7 Å². The van der Waals surface area contributed by atoms with Gasteiger partial charge < -0.3 is 24.6 Å². The Morgan fingerprint density at radius 2 is 1.48 bits per heavy atom. The minimum atomic E-state index is -1.33. The summed E-state index contributed by atoms with van der Waals surface area (Å²) in [5.74, 6) is -0.303. The molecule has 0 radical (unpaired) electrons. The zero-order valence-corrected chi connectivity index (χ0v) is 18.4. The van der Waals surface area contributed by atoms with Gasteiger partial charge in [0.25, 0.3) is 0 Å². The molecule has 0 saturated heterocycles. The van der Waals surface area contributed by atoms with Gasteiger partial charge in [0.05, 0.1) is 14.2 Å². The fourth-order valence-corrected chi connectivity index (χ4v) is 4.15. The van der Waals surface area contributed by atoms with Gasteiger partial charge in [-0.15, -0.1) is 0 Å². The smallest absolute Gasteiger partial charge is 0.407 e. The van der Waals surface area contributed by atoms with Crippen molar-refractivity contribution >= 4 is 12.1 Å². The van der Waals surface area contributed by atoms with E-state index in [1.165, 1.54) is 14.2 Å². The number of nitrogens with one attached hydrogen (secondary N) is 1. The molecule has 170 valence electrons. The third-order valence-electron chi connectivity index (χ3n) is 5.85. The molecule has 0 aromatic heterocycles. The molecule has 0 bridgehead atoms. The fourth-order valence-electron chi connectivity index (χ4n) is 4.15. The third-order valence-corrected chi connectivity index (χ3v) is 5.85. The first-order chi connectivity index (χ1) is 16.0. The Bertz CT molecular complexity index is 1100. The normalized spacial score (nSPS) is 13.9. The number of amides is 1. The molecule has 2 atom stereocenters. The SMILES string of the molecule is COC(=O)[C@@H](NC(=O)OCC1c2ccccc2-c2ccccc21)[C@@H](O)c1ccc(OC)cc1. The van der Waals surface area contributed by atoms with E-state index in [1.807, 2.05) is 48.5 Å². The number of aliphatic hydroxyl groups is 1. The summed E-state index contributed by atoms with van der Waals surface area (Å²) in [7, 11) is 2.72. The van der Waals surface area contributed by atoms with Crippen LogP contribution < -0.4 is 10.1 Å². The van der Waals surface area contributed by atoms with Gasteiger partial charge in [0.1, 0.15) is 18.5 Å². The highest BCUT2D eigenvalue weighted by Crippen LogP contribution is 2.44. The maximum absolute atomic E-state index is 12.6. The molecule has 4 rings (SSSR count). The lowest BCUT2D eigenvalue weighted by Gasteiger charge is -2.23. The number of aliphatic hydroxyl groups excluding tert-OH is 1. The number of esters is 1.